The molecule has 0 aliphatic rings. The summed E-state index contributed by atoms with van der Waals surface area (Å²) in [5.74, 6) is 0.134. The van der Waals surface area contributed by atoms with Crippen LogP contribution in [0.2, 0.25) is 0 Å². The molecule has 0 saturated heterocycles. The molecule has 0 bridgehead atoms. The quantitative estimate of drug-likeness (QED) is 0.257. The Bertz CT molecular complexity index is 360. The summed E-state index contributed by atoms with van der Waals surface area (Å²) < 4.78 is 27.2. The monoisotopic (exact) mass is 420 g/mol. The van der Waals surface area contributed by atoms with E-state index in [-0.39, 0.29) is 11.8 Å². The number of nitrogens with one attached hydrogen (secondary N) is 2. The van der Waals surface area contributed by atoms with Gasteiger partial charge in [0.05, 0.1) is 66.1 Å². The van der Waals surface area contributed by atoms with E-state index >= 15 is 0 Å². The van der Waals surface area contributed by atoms with E-state index in [0.717, 1.165) is 19.4 Å². The third-order valence-electron chi connectivity index (χ3n) is 4.45. The van der Waals surface area contributed by atoms with Gasteiger partial charge in [-0.25, -0.2) is 0 Å². The lowest BCUT2D eigenvalue weighted by atomic mass is 10.1. The molecule has 8 heteroatoms. The highest BCUT2D eigenvalue weighted by Gasteiger charge is 2.08. The summed E-state index contributed by atoms with van der Waals surface area (Å²) in [6.07, 6.45) is 1.97. The molecule has 0 aromatic carbocycles. The SMILES string of the molecule is CCC(C)NCCOCCOCCOCCOCCOCCNC(=O)C(C)CC. The second-order valence-electron chi connectivity index (χ2n) is 6.93. The van der Waals surface area contributed by atoms with Crippen molar-refractivity contribution >= 4 is 5.91 Å². The van der Waals surface area contributed by atoms with E-state index in [9.17, 15) is 4.79 Å². The third kappa shape index (κ3) is 20.3. The molecule has 0 radical (unpaired) electrons. The molecule has 2 unspecified atom stereocenters. The molecule has 29 heavy (non-hydrogen) atoms. The molecule has 0 saturated carbocycles. The van der Waals surface area contributed by atoms with Gasteiger partial charge < -0.3 is 34.3 Å². The van der Waals surface area contributed by atoms with Gasteiger partial charge in [0.1, 0.15) is 0 Å². The Labute approximate surface area is 177 Å². The van der Waals surface area contributed by atoms with Crippen molar-refractivity contribution < 1.29 is 28.5 Å². The average Bonchev–Trinajstić information content (AvgIpc) is 2.74. The summed E-state index contributed by atoms with van der Waals surface area (Å²) >= 11 is 0. The van der Waals surface area contributed by atoms with E-state index in [2.05, 4.69) is 24.5 Å². The molecule has 0 aliphatic heterocycles. The average molecular weight is 421 g/mol. The van der Waals surface area contributed by atoms with Crippen LogP contribution in [0.5, 0.6) is 0 Å². The Balaban J connectivity index is 3.11. The van der Waals surface area contributed by atoms with Gasteiger partial charge in [0.2, 0.25) is 5.91 Å². The smallest absolute Gasteiger partial charge is 0.222 e. The highest BCUT2D eigenvalue weighted by atomic mass is 16.6. The number of hydrogen-bond acceptors (Lipinski definition) is 7. The zero-order valence-corrected chi connectivity index (χ0v) is 19.0. The fourth-order valence-electron chi connectivity index (χ4n) is 2.11. The molecule has 2 atom stereocenters. The van der Waals surface area contributed by atoms with Crippen LogP contribution in [-0.2, 0) is 28.5 Å². The second kappa shape index (κ2) is 21.9. The highest BCUT2D eigenvalue weighted by Crippen LogP contribution is 1.98. The maximum Gasteiger partial charge on any atom is 0.222 e. The lowest BCUT2D eigenvalue weighted by Crippen LogP contribution is -2.31. The predicted octanol–water partition coefficient (Wildman–Crippen LogP) is 1.62. The van der Waals surface area contributed by atoms with E-state index in [4.69, 9.17) is 23.7 Å². The van der Waals surface area contributed by atoms with E-state index in [0.29, 0.717) is 78.7 Å². The largest absolute Gasteiger partial charge is 0.378 e. The van der Waals surface area contributed by atoms with Crippen LogP contribution in [0.15, 0.2) is 0 Å². The molecule has 0 spiro atoms. The van der Waals surface area contributed by atoms with Crippen molar-refractivity contribution in [1.82, 2.24) is 10.6 Å². The van der Waals surface area contributed by atoms with Crippen LogP contribution in [0.25, 0.3) is 0 Å². The van der Waals surface area contributed by atoms with Crippen LogP contribution in [0.1, 0.15) is 40.5 Å². The molecule has 0 aromatic rings. The lowest BCUT2D eigenvalue weighted by Gasteiger charge is -2.11. The minimum Gasteiger partial charge on any atom is -0.378 e. The molecular formula is C21H44N2O6. The molecule has 0 aromatic heterocycles. The first-order valence-electron chi connectivity index (χ1n) is 11.0. The van der Waals surface area contributed by atoms with Gasteiger partial charge in [0, 0.05) is 25.0 Å². The fourth-order valence-corrected chi connectivity index (χ4v) is 2.11. The van der Waals surface area contributed by atoms with Crippen molar-refractivity contribution in [2.24, 2.45) is 5.92 Å². The molecule has 174 valence electrons. The standard InChI is InChI=1S/C21H44N2O6/c1-5-19(3)21(24)23-8-10-26-12-14-28-16-18-29-17-15-27-13-11-25-9-7-22-20(4)6-2/h19-20,22H,5-18H2,1-4H3,(H,23,24). The van der Waals surface area contributed by atoms with Gasteiger partial charge in [0.25, 0.3) is 0 Å². The minimum atomic E-state index is 0.0546. The zero-order chi connectivity index (χ0) is 21.6. The Morgan fingerprint density at radius 3 is 1.48 bits per heavy atom. The van der Waals surface area contributed by atoms with Crippen molar-refractivity contribution in [3.8, 4) is 0 Å². The molecular weight excluding hydrogens is 376 g/mol. The van der Waals surface area contributed by atoms with Crippen LogP contribution >= 0.6 is 0 Å². The lowest BCUT2D eigenvalue weighted by molar-refractivity contribution is -0.124. The number of amides is 1. The predicted molar refractivity (Wildman–Crippen MR) is 114 cm³/mol. The highest BCUT2D eigenvalue weighted by molar-refractivity contribution is 5.78. The summed E-state index contributed by atoms with van der Waals surface area (Å²) in [6, 6.07) is 0.539. The summed E-state index contributed by atoms with van der Waals surface area (Å²) in [4.78, 5) is 11.6. The first-order chi connectivity index (χ1) is 14.1. The van der Waals surface area contributed by atoms with Crippen molar-refractivity contribution in [3.05, 3.63) is 0 Å². The summed E-state index contributed by atoms with van der Waals surface area (Å²) in [6.45, 7) is 15.2. The zero-order valence-electron chi connectivity index (χ0n) is 19.0. The van der Waals surface area contributed by atoms with E-state index in [1.54, 1.807) is 0 Å². The van der Waals surface area contributed by atoms with Gasteiger partial charge >= 0.3 is 0 Å². The van der Waals surface area contributed by atoms with Gasteiger partial charge in [-0.3, -0.25) is 4.79 Å². The fraction of sp³-hybridized carbons (Fsp3) is 0.952. The number of carbonyl (C=O) groups excluding carboxylic acids is 1. The first kappa shape index (κ1) is 28.2. The van der Waals surface area contributed by atoms with Crippen LogP contribution in [0.3, 0.4) is 0 Å². The van der Waals surface area contributed by atoms with Gasteiger partial charge in [-0.1, -0.05) is 20.8 Å². The molecule has 0 rings (SSSR count). The van der Waals surface area contributed by atoms with Crippen molar-refractivity contribution in [2.75, 3.05) is 79.2 Å². The Morgan fingerprint density at radius 2 is 1.07 bits per heavy atom. The van der Waals surface area contributed by atoms with E-state index in [1.807, 2.05) is 13.8 Å². The molecule has 0 heterocycles. The number of carbonyl (C=O) groups is 1. The van der Waals surface area contributed by atoms with Crippen LogP contribution in [-0.4, -0.2) is 91.1 Å². The topological polar surface area (TPSA) is 87.3 Å². The molecule has 8 nitrogen and oxygen atoms in total. The molecule has 0 aliphatic carbocycles. The maximum atomic E-state index is 11.6. The molecule has 0 fully saturated rings. The van der Waals surface area contributed by atoms with Gasteiger partial charge in [0.15, 0.2) is 0 Å². The van der Waals surface area contributed by atoms with Crippen LogP contribution in [0.4, 0.5) is 0 Å². The summed E-state index contributed by atoms with van der Waals surface area (Å²) in [7, 11) is 0. The molecule has 1 amide bonds. The van der Waals surface area contributed by atoms with Gasteiger partial charge in [-0.05, 0) is 19.8 Å². The minimum absolute atomic E-state index is 0.0546. The normalized spacial score (nSPS) is 13.4. The van der Waals surface area contributed by atoms with E-state index in [1.165, 1.54) is 0 Å². The second-order valence-corrected chi connectivity index (χ2v) is 6.93. The first-order valence-corrected chi connectivity index (χ1v) is 11.0. The van der Waals surface area contributed by atoms with Crippen molar-refractivity contribution in [3.63, 3.8) is 0 Å². The Hall–Kier alpha value is -0.770. The van der Waals surface area contributed by atoms with Crippen molar-refractivity contribution in [2.45, 2.75) is 46.6 Å². The van der Waals surface area contributed by atoms with Gasteiger partial charge in [-0.15, -0.1) is 0 Å². The van der Waals surface area contributed by atoms with Crippen LogP contribution in [0, 0.1) is 5.92 Å². The summed E-state index contributed by atoms with van der Waals surface area (Å²) in [5.41, 5.74) is 0. The van der Waals surface area contributed by atoms with Crippen molar-refractivity contribution in [1.29, 1.82) is 0 Å². The van der Waals surface area contributed by atoms with Gasteiger partial charge in [-0.2, -0.15) is 0 Å². The third-order valence-corrected chi connectivity index (χ3v) is 4.45. The Morgan fingerprint density at radius 1 is 0.655 bits per heavy atom. The number of ether oxygens (including phenoxy) is 5. The molecule has 2 N–H and O–H groups in total. The summed E-state index contributed by atoms with van der Waals surface area (Å²) in [5, 5.41) is 6.22. The maximum absolute atomic E-state index is 11.6. The number of rotatable bonds is 22. The number of hydrogen-bond donors (Lipinski definition) is 2. The Kier molecular flexibility index (Phi) is 21.3. The van der Waals surface area contributed by atoms with Crippen LogP contribution < -0.4 is 10.6 Å². The van der Waals surface area contributed by atoms with E-state index < -0.39 is 0 Å².